The van der Waals surface area contributed by atoms with Gasteiger partial charge in [-0.15, -0.1) is 0 Å². The Morgan fingerprint density at radius 2 is 1.41 bits per heavy atom. The van der Waals surface area contributed by atoms with E-state index in [1.165, 1.54) is 25.7 Å². The molecule has 0 saturated heterocycles. The highest BCUT2D eigenvalue weighted by Gasteiger charge is 2.37. The van der Waals surface area contributed by atoms with E-state index in [2.05, 4.69) is 39.9 Å². The van der Waals surface area contributed by atoms with Gasteiger partial charge in [0.2, 0.25) is 5.91 Å². The molecule has 0 heterocycles. The fraction of sp³-hybridized carbons (Fsp3) is 0.920. The number of aliphatic carboxylic acids is 1. The van der Waals surface area contributed by atoms with E-state index >= 15 is 0 Å². The van der Waals surface area contributed by atoms with Gasteiger partial charge in [-0.05, 0) is 73.5 Å². The van der Waals surface area contributed by atoms with E-state index in [9.17, 15) is 14.7 Å². The summed E-state index contributed by atoms with van der Waals surface area (Å²) in [6.07, 6.45) is 7.33. The maximum Gasteiger partial charge on any atom is 0.307 e. The van der Waals surface area contributed by atoms with Crippen LogP contribution >= 0.6 is 0 Å². The van der Waals surface area contributed by atoms with Crippen molar-refractivity contribution < 1.29 is 14.7 Å². The molecule has 1 aliphatic carbocycles. The summed E-state index contributed by atoms with van der Waals surface area (Å²) in [5.41, 5.74) is 0.256. The zero-order valence-corrected chi connectivity index (χ0v) is 20.5. The van der Waals surface area contributed by atoms with Crippen LogP contribution in [0.2, 0.25) is 0 Å². The van der Waals surface area contributed by atoms with Crippen LogP contribution in [0.1, 0.15) is 107 Å². The maximum atomic E-state index is 12.4. The largest absolute Gasteiger partial charge is 0.481 e. The Hall–Kier alpha value is -1.06. The van der Waals surface area contributed by atoms with Gasteiger partial charge in [0.25, 0.3) is 0 Å². The number of hydrogen-bond donors (Lipinski definition) is 2. The van der Waals surface area contributed by atoms with Crippen molar-refractivity contribution in [3.63, 3.8) is 0 Å². The van der Waals surface area contributed by atoms with Crippen LogP contribution in [-0.2, 0) is 9.59 Å². The highest BCUT2D eigenvalue weighted by atomic mass is 16.4. The fourth-order valence-corrected chi connectivity index (χ4v) is 4.89. The first kappa shape index (κ1) is 26.0. The third-order valence-corrected chi connectivity index (χ3v) is 7.42. The van der Waals surface area contributed by atoms with E-state index in [4.69, 9.17) is 0 Å². The van der Waals surface area contributed by atoms with Crippen molar-refractivity contribution in [1.82, 2.24) is 5.32 Å². The molecule has 4 heteroatoms. The van der Waals surface area contributed by atoms with Crippen molar-refractivity contribution in [3.8, 4) is 0 Å². The quantitative estimate of drug-likeness (QED) is 0.495. The lowest BCUT2D eigenvalue weighted by Crippen LogP contribution is -2.39. The number of carbonyl (C=O) groups excluding carboxylic acids is 1. The summed E-state index contributed by atoms with van der Waals surface area (Å²) >= 11 is 0. The van der Waals surface area contributed by atoms with Gasteiger partial charge < -0.3 is 10.4 Å². The van der Waals surface area contributed by atoms with E-state index in [0.29, 0.717) is 5.41 Å². The maximum absolute atomic E-state index is 12.4. The van der Waals surface area contributed by atoms with Crippen molar-refractivity contribution in [2.24, 2.45) is 34.0 Å². The summed E-state index contributed by atoms with van der Waals surface area (Å²) in [6.45, 7) is 19.5. The van der Waals surface area contributed by atoms with Gasteiger partial charge in [0, 0.05) is 12.5 Å². The van der Waals surface area contributed by atoms with E-state index in [1.807, 2.05) is 27.7 Å². The topological polar surface area (TPSA) is 66.4 Å². The smallest absolute Gasteiger partial charge is 0.307 e. The predicted octanol–water partition coefficient (Wildman–Crippen LogP) is 6.29. The second kappa shape index (κ2) is 9.83. The van der Waals surface area contributed by atoms with E-state index in [0.717, 1.165) is 24.7 Å². The number of carboxylic acids is 1. The molecule has 0 aromatic heterocycles. The zero-order chi connectivity index (χ0) is 22.6. The van der Waals surface area contributed by atoms with Gasteiger partial charge in [-0.25, -0.2) is 0 Å². The van der Waals surface area contributed by atoms with Crippen molar-refractivity contribution in [3.05, 3.63) is 0 Å². The van der Waals surface area contributed by atoms with E-state index in [-0.39, 0.29) is 23.8 Å². The molecule has 29 heavy (non-hydrogen) atoms. The first-order valence-corrected chi connectivity index (χ1v) is 11.6. The summed E-state index contributed by atoms with van der Waals surface area (Å²) in [5.74, 6) is -0.126. The van der Waals surface area contributed by atoms with Gasteiger partial charge in [-0.3, -0.25) is 9.59 Å². The van der Waals surface area contributed by atoms with Crippen molar-refractivity contribution >= 4 is 11.9 Å². The molecule has 2 atom stereocenters. The molecule has 1 rings (SSSR count). The highest BCUT2D eigenvalue weighted by Crippen LogP contribution is 2.47. The van der Waals surface area contributed by atoms with Crippen LogP contribution in [0, 0.1) is 34.0 Å². The van der Waals surface area contributed by atoms with Crippen LogP contribution < -0.4 is 5.32 Å². The lowest BCUT2D eigenvalue weighted by atomic mass is 9.63. The van der Waals surface area contributed by atoms with Crippen LogP contribution in [0.3, 0.4) is 0 Å². The van der Waals surface area contributed by atoms with Crippen LogP contribution in [0.25, 0.3) is 0 Å². The molecule has 0 aliphatic heterocycles. The van der Waals surface area contributed by atoms with Gasteiger partial charge in [-0.2, -0.15) is 0 Å². The molecule has 2 unspecified atom stereocenters. The molecule has 4 nitrogen and oxygen atoms in total. The highest BCUT2D eigenvalue weighted by molar-refractivity contribution is 5.82. The molecule has 0 bridgehead atoms. The van der Waals surface area contributed by atoms with Crippen LogP contribution in [0.4, 0.5) is 0 Å². The molecular formula is C25H47NO3. The lowest BCUT2D eigenvalue weighted by Gasteiger charge is -2.43. The summed E-state index contributed by atoms with van der Waals surface area (Å²) in [7, 11) is 0. The molecular weight excluding hydrogens is 362 g/mol. The summed E-state index contributed by atoms with van der Waals surface area (Å²) in [6, 6.07) is 0.0714. The average molecular weight is 410 g/mol. The van der Waals surface area contributed by atoms with Crippen LogP contribution in [0.5, 0.6) is 0 Å². The number of carbonyl (C=O) groups is 2. The van der Waals surface area contributed by atoms with Crippen LogP contribution in [0.15, 0.2) is 0 Å². The minimum Gasteiger partial charge on any atom is -0.481 e. The van der Waals surface area contributed by atoms with Gasteiger partial charge in [0.15, 0.2) is 0 Å². The van der Waals surface area contributed by atoms with Gasteiger partial charge in [0.1, 0.15) is 0 Å². The minimum absolute atomic E-state index is 0.0450. The van der Waals surface area contributed by atoms with Gasteiger partial charge >= 0.3 is 5.97 Å². The molecule has 1 aliphatic rings. The Kier molecular flexibility index (Phi) is 8.81. The fourth-order valence-electron chi connectivity index (χ4n) is 4.89. The Morgan fingerprint density at radius 3 is 1.83 bits per heavy atom. The number of nitrogens with one attached hydrogen (secondary N) is 1. The van der Waals surface area contributed by atoms with Crippen molar-refractivity contribution in [2.75, 3.05) is 0 Å². The normalized spacial score (nSPS) is 23.3. The number of carboxylic acid groups (broad SMARTS) is 1. The first-order chi connectivity index (χ1) is 13.0. The third-order valence-electron chi connectivity index (χ3n) is 7.42. The van der Waals surface area contributed by atoms with Gasteiger partial charge in [-0.1, -0.05) is 55.4 Å². The number of hydrogen-bond acceptors (Lipinski definition) is 2. The third kappa shape index (κ3) is 8.30. The SMILES string of the molecule is CC(CCC(C)(C)C1CCC(C(C)(C)C)CC1)NC(=O)CC(C(=O)O)C(C)(C)C. The van der Waals surface area contributed by atoms with E-state index < -0.39 is 17.3 Å². The minimum atomic E-state index is -0.896. The second-order valence-corrected chi connectivity index (χ2v) is 12.4. The molecule has 1 fully saturated rings. The monoisotopic (exact) mass is 409 g/mol. The number of amides is 1. The summed E-state index contributed by atoms with van der Waals surface area (Å²) in [4.78, 5) is 23.9. The Bertz CT molecular complexity index is 545. The lowest BCUT2D eigenvalue weighted by molar-refractivity contribution is -0.148. The predicted molar refractivity (Wildman–Crippen MR) is 121 cm³/mol. The Labute approximate surface area is 179 Å². The molecule has 170 valence electrons. The molecule has 2 N–H and O–H groups in total. The molecule has 1 saturated carbocycles. The summed E-state index contributed by atoms with van der Waals surface area (Å²) < 4.78 is 0. The Balaban J connectivity index is 2.49. The first-order valence-electron chi connectivity index (χ1n) is 11.6. The standard InChI is InChI=1S/C25H47NO3/c1-17(26-21(27)16-20(22(28)29)24(5,6)7)14-15-25(8,9)19-12-10-18(11-13-19)23(2,3)4/h17-20H,10-16H2,1-9H3,(H,26,27)(H,28,29). The van der Waals surface area contributed by atoms with Gasteiger partial charge in [0.05, 0.1) is 5.92 Å². The van der Waals surface area contributed by atoms with Crippen molar-refractivity contribution in [2.45, 2.75) is 113 Å². The zero-order valence-electron chi connectivity index (χ0n) is 20.5. The Morgan fingerprint density at radius 1 is 0.931 bits per heavy atom. The molecule has 0 aromatic rings. The number of rotatable bonds is 8. The molecule has 0 radical (unpaired) electrons. The van der Waals surface area contributed by atoms with Crippen LogP contribution in [-0.4, -0.2) is 23.0 Å². The van der Waals surface area contributed by atoms with E-state index in [1.54, 1.807) is 0 Å². The second-order valence-electron chi connectivity index (χ2n) is 12.4. The average Bonchev–Trinajstić information content (AvgIpc) is 2.56. The van der Waals surface area contributed by atoms with Crippen molar-refractivity contribution in [1.29, 1.82) is 0 Å². The molecule has 0 aromatic carbocycles. The molecule has 1 amide bonds. The molecule has 0 spiro atoms. The summed E-state index contributed by atoms with van der Waals surface area (Å²) in [5, 5.41) is 12.5.